The molecule has 100 valence electrons. The average molecular weight is 287 g/mol. The molecule has 2 rings (SSSR count). The molecule has 1 N–H and O–H groups in total. The first-order valence-corrected chi connectivity index (χ1v) is 5.72. The van der Waals surface area contributed by atoms with Crippen molar-refractivity contribution in [3.05, 3.63) is 35.1 Å². The normalized spacial score (nSPS) is 10.3. The van der Waals surface area contributed by atoms with Crippen molar-refractivity contribution < 1.29 is 13.5 Å². The molecule has 0 radical (unpaired) electrons. The second kappa shape index (κ2) is 5.75. The number of rotatable bonds is 4. The summed E-state index contributed by atoms with van der Waals surface area (Å²) >= 11 is 5.67. The Morgan fingerprint density at radius 3 is 2.79 bits per heavy atom. The minimum absolute atomic E-state index is 0.00168. The molecule has 0 saturated carbocycles. The number of hydrogen-bond donors (Lipinski definition) is 1. The van der Waals surface area contributed by atoms with Crippen molar-refractivity contribution in [2.24, 2.45) is 0 Å². The van der Waals surface area contributed by atoms with Crippen LogP contribution in [0, 0.1) is 11.6 Å². The highest BCUT2D eigenvalue weighted by Crippen LogP contribution is 2.20. The summed E-state index contributed by atoms with van der Waals surface area (Å²) in [5.74, 6) is -1.27. The summed E-state index contributed by atoms with van der Waals surface area (Å²) in [6, 6.07) is 2.98. The van der Waals surface area contributed by atoms with Gasteiger partial charge in [-0.1, -0.05) is 0 Å². The van der Waals surface area contributed by atoms with Gasteiger partial charge in [0.15, 0.2) is 0 Å². The first-order chi connectivity index (χ1) is 9.08. The lowest BCUT2D eigenvalue weighted by Gasteiger charge is -2.07. The third kappa shape index (κ3) is 3.47. The third-order valence-corrected chi connectivity index (χ3v) is 2.20. The second-order valence-electron chi connectivity index (χ2n) is 3.39. The van der Waals surface area contributed by atoms with Crippen molar-refractivity contribution in [2.45, 2.75) is 6.92 Å². The predicted octanol–water partition coefficient (Wildman–Crippen LogP) is 2.95. The lowest BCUT2D eigenvalue weighted by Crippen LogP contribution is -2.04. The lowest BCUT2D eigenvalue weighted by atomic mass is 10.3. The van der Waals surface area contributed by atoms with Crippen LogP contribution in [-0.2, 0) is 0 Å². The molecule has 0 spiro atoms. The smallest absolute Gasteiger partial charge is 0.322 e. The van der Waals surface area contributed by atoms with E-state index in [9.17, 15) is 8.78 Å². The first-order valence-electron chi connectivity index (χ1n) is 5.35. The van der Waals surface area contributed by atoms with Crippen LogP contribution in [0.1, 0.15) is 6.92 Å². The summed E-state index contributed by atoms with van der Waals surface area (Å²) in [5.41, 5.74) is -0.107. The summed E-state index contributed by atoms with van der Waals surface area (Å²) in [6.07, 6.45) is 0. The molecule has 0 unspecified atom stereocenters. The molecule has 0 aliphatic rings. The molecule has 0 atom stereocenters. The van der Waals surface area contributed by atoms with E-state index in [0.717, 1.165) is 18.2 Å². The van der Waals surface area contributed by atoms with E-state index < -0.39 is 11.6 Å². The Bertz CT molecular complexity index is 597. The van der Waals surface area contributed by atoms with Crippen molar-refractivity contribution >= 4 is 23.2 Å². The van der Waals surface area contributed by atoms with Crippen LogP contribution < -0.4 is 10.1 Å². The van der Waals surface area contributed by atoms with E-state index in [1.165, 1.54) is 0 Å². The van der Waals surface area contributed by atoms with Crippen LogP contribution in [0.25, 0.3) is 0 Å². The molecular weight excluding hydrogens is 278 g/mol. The topological polar surface area (TPSA) is 59.9 Å². The van der Waals surface area contributed by atoms with E-state index >= 15 is 0 Å². The number of hydrogen-bond acceptors (Lipinski definition) is 5. The highest BCUT2D eigenvalue weighted by atomic mass is 35.5. The molecular formula is C11H9ClF2N4O. The van der Waals surface area contributed by atoms with Crippen molar-refractivity contribution in [3.8, 4) is 6.01 Å². The van der Waals surface area contributed by atoms with Crippen LogP contribution in [0.3, 0.4) is 0 Å². The Morgan fingerprint density at radius 2 is 2.05 bits per heavy atom. The second-order valence-corrected chi connectivity index (χ2v) is 3.73. The van der Waals surface area contributed by atoms with Gasteiger partial charge in [0.05, 0.1) is 12.3 Å². The summed E-state index contributed by atoms with van der Waals surface area (Å²) in [5, 5.41) is 2.40. The zero-order chi connectivity index (χ0) is 13.8. The van der Waals surface area contributed by atoms with Gasteiger partial charge in [0, 0.05) is 6.07 Å². The van der Waals surface area contributed by atoms with Crippen LogP contribution in [0.2, 0.25) is 5.28 Å². The number of halogens is 3. The zero-order valence-corrected chi connectivity index (χ0v) is 10.6. The maximum atomic E-state index is 13.4. The van der Waals surface area contributed by atoms with Gasteiger partial charge in [0.2, 0.25) is 11.2 Å². The third-order valence-electron chi connectivity index (χ3n) is 2.04. The van der Waals surface area contributed by atoms with E-state index in [1.807, 2.05) is 0 Å². The van der Waals surface area contributed by atoms with Crippen LogP contribution in [-0.4, -0.2) is 21.6 Å². The number of aromatic nitrogens is 3. The number of ether oxygens (including phenoxy) is 1. The summed E-state index contributed by atoms with van der Waals surface area (Å²) in [6.45, 7) is 2.09. The van der Waals surface area contributed by atoms with E-state index in [0.29, 0.717) is 6.61 Å². The molecule has 5 nitrogen and oxygen atoms in total. The Kier molecular flexibility index (Phi) is 4.06. The van der Waals surface area contributed by atoms with E-state index in [-0.39, 0.29) is 22.9 Å². The number of nitrogens with zero attached hydrogens (tertiary/aromatic N) is 3. The van der Waals surface area contributed by atoms with Crippen molar-refractivity contribution in [1.82, 2.24) is 15.0 Å². The van der Waals surface area contributed by atoms with Gasteiger partial charge >= 0.3 is 6.01 Å². The first kappa shape index (κ1) is 13.4. The standard InChI is InChI=1S/C11H9ClF2N4O/c1-2-19-11-17-9(12)16-10(18-11)15-8-5-6(13)3-4-7(8)14/h3-5H,2H2,1H3,(H,15,16,17,18). The minimum Gasteiger partial charge on any atom is -0.464 e. The van der Waals surface area contributed by atoms with Gasteiger partial charge < -0.3 is 10.1 Å². The zero-order valence-electron chi connectivity index (χ0n) is 9.82. The Balaban J connectivity index is 2.29. The van der Waals surface area contributed by atoms with Gasteiger partial charge in [0.1, 0.15) is 11.6 Å². The fraction of sp³-hybridized carbons (Fsp3) is 0.182. The molecule has 0 bridgehead atoms. The maximum Gasteiger partial charge on any atom is 0.322 e. The van der Waals surface area contributed by atoms with Crippen LogP contribution in [0.15, 0.2) is 18.2 Å². The van der Waals surface area contributed by atoms with Gasteiger partial charge in [-0.25, -0.2) is 8.78 Å². The average Bonchev–Trinajstić information content (AvgIpc) is 2.33. The largest absolute Gasteiger partial charge is 0.464 e. The Labute approximate surface area is 112 Å². The molecule has 1 aromatic carbocycles. The molecule has 1 aromatic heterocycles. The van der Waals surface area contributed by atoms with Gasteiger partial charge in [-0.2, -0.15) is 15.0 Å². The number of anilines is 2. The van der Waals surface area contributed by atoms with Gasteiger partial charge in [0.25, 0.3) is 0 Å². The van der Waals surface area contributed by atoms with Gasteiger partial charge in [-0.15, -0.1) is 0 Å². The van der Waals surface area contributed by atoms with E-state index in [1.54, 1.807) is 6.92 Å². The highest BCUT2D eigenvalue weighted by molar-refractivity contribution is 6.28. The van der Waals surface area contributed by atoms with Crippen LogP contribution in [0.5, 0.6) is 6.01 Å². The van der Waals surface area contributed by atoms with Crippen molar-refractivity contribution in [3.63, 3.8) is 0 Å². The molecule has 0 amide bonds. The SMILES string of the molecule is CCOc1nc(Cl)nc(Nc2cc(F)ccc2F)n1. The fourth-order valence-corrected chi connectivity index (χ4v) is 1.45. The van der Waals surface area contributed by atoms with E-state index in [2.05, 4.69) is 20.3 Å². The fourth-order valence-electron chi connectivity index (χ4n) is 1.30. The number of nitrogens with one attached hydrogen (secondary N) is 1. The van der Waals surface area contributed by atoms with Crippen LogP contribution in [0.4, 0.5) is 20.4 Å². The summed E-state index contributed by atoms with van der Waals surface area (Å²) in [7, 11) is 0. The maximum absolute atomic E-state index is 13.4. The monoisotopic (exact) mass is 286 g/mol. The van der Waals surface area contributed by atoms with Crippen molar-refractivity contribution in [1.29, 1.82) is 0 Å². The molecule has 0 aliphatic heterocycles. The molecule has 0 fully saturated rings. The quantitative estimate of drug-likeness (QED) is 0.936. The summed E-state index contributed by atoms with van der Waals surface area (Å²) < 4.78 is 31.5. The predicted molar refractivity (Wildman–Crippen MR) is 65.6 cm³/mol. The van der Waals surface area contributed by atoms with Crippen LogP contribution >= 0.6 is 11.6 Å². The summed E-state index contributed by atoms with van der Waals surface area (Å²) in [4.78, 5) is 11.3. The Hall–Kier alpha value is -2.02. The molecule has 8 heteroatoms. The molecule has 2 aromatic rings. The highest BCUT2D eigenvalue weighted by Gasteiger charge is 2.09. The number of benzene rings is 1. The molecule has 0 saturated heterocycles. The molecule has 19 heavy (non-hydrogen) atoms. The van der Waals surface area contributed by atoms with Gasteiger partial charge in [-0.05, 0) is 30.7 Å². The van der Waals surface area contributed by atoms with Gasteiger partial charge in [-0.3, -0.25) is 0 Å². The molecule has 0 aliphatic carbocycles. The lowest BCUT2D eigenvalue weighted by molar-refractivity contribution is 0.312. The van der Waals surface area contributed by atoms with Crippen molar-refractivity contribution in [2.75, 3.05) is 11.9 Å². The molecule has 1 heterocycles. The van der Waals surface area contributed by atoms with E-state index in [4.69, 9.17) is 16.3 Å². The minimum atomic E-state index is -0.643. The Morgan fingerprint density at radius 1 is 1.26 bits per heavy atom.